The molecule has 1 heterocycles. The maximum atomic E-state index is 12.2. The van der Waals surface area contributed by atoms with Crippen LogP contribution in [0.3, 0.4) is 0 Å². The summed E-state index contributed by atoms with van der Waals surface area (Å²) in [4.78, 5) is 16.2. The standard InChI is InChI=1S/C15H23N3O/c1-15(2)8-9-18(11-15)10-14(19)17(3)13-6-4-12(16)5-7-13/h4-7H,8-11,16H2,1-3H3. The number of nitrogen functional groups attached to an aromatic ring is 1. The van der Waals surface area contributed by atoms with Gasteiger partial charge in [0.25, 0.3) is 0 Å². The Morgan fingerprint density at radius 3 is 2.53 bits per heavy atom. The van der Waals surface area contributed by atoms with Crippen molar-refractivity contribution in [2.75, 3.05) is 37.3 Å². The molecule has 0 unspecified atom stereocenters. The topological polar surface area (TPSA) is 49.6 Å². The van der Waals surface area contributed by atoms with Crippen molar-refractivity contribution in [3.8, 4) is 0 Å². The van der Waals surface area contributed by atoms with Gasteiger partial charge in [0.1, 0.15) is 0 Å². The second-order valence-electron chi connectivity index (χ2n) is 6.17. The monoisotopic (exact) mass is 261 g/mol. The van der Waals surface area contributed by atoms with E-state index >= 15 is 0 Å². The van der Waals surface area contributed by atoms with Crippen LogP contribution in [-0.2, 0) is 4.79 Å². The lowest BCUT2D eigenvalue weighted by Crippen LogP contribution is -2.38. The van der Waals surface area contributed by atoms with E-state index in [2.05, 4.69) is 18.7 Å². The minimum atomic E-state index is 0.127. The van der Waals surface area contributed by atoms with Crippen LogP contribution in [0.5, 0.6) is 0 Å². The number of nitrogens with zero attached hydrogens (tertiary/aromatic N) is 2. The van der Waals surface area contributed by atoms with Gasteiger partial charge in [0.05, 0.1) is 6.54 Å². The molecule has 1 aliphatic heterocycles. The molecule has 0 aromatic heterocycles. The maximum absolute atomic E-state index is 12.2. The number of carbonyl (C=O) groups excluding carboxylic acids is 1. The fraction of sp³-hybridized carbons (Fsp3) is 0.533. The number of hydrogen-bond acceptors (Lipinski definition) is 3. The van der Waals surface area contributed by atoms with Gasteiger partial charge in [-0.25, -0.2) is 0 Å². The van der Waals surface area contributed by atoms with Crippen LogP contribution in [0, 0.1) is 5.41 Å². The van der Waals surface area contributed by atoms with E-state index in [9.17, 15) is 4.79 Å². The second kappa shape index (κ2) is 5.21. The molecule has 2 rings (SSSR count). The molecule has 0 radical (unpaired) electrons. The van der Waals surface area contributed by atoms with Crippen molar-refractivity contribution >= 4 is 17.3 Å². The molecule has 1 fully saturated rings. The van der Waals surface area contributed by atoms with Crippen LogP contribution in [0.15, 0.2) is 24.3 Å². The molecule has 0 aliphatic carbocycles. The summed E-state index contributed by atoms with van der Waals surface area (Å²) in [5, 5.41) is 0. The average molecular weight is 261 g/mol. The Morgan fingerprint density at radius 2 is 2.00 bits per heavy atom. The molecule has 0 saturated carbocycles. The SMILES string of the molecule is CN(C(=O)CN1CCC(C)(C)C1)c1ccc(N)cc1. The summed E-state index contributed by atoms with van der Waals surface area (Å²) in [6.45, 7) is 7.00. The Balaban J connectivity index is 1.95. The van der Waals surface area contributed by atoms with E-state index in [-0.39, 0.29) is 5.91 Å². The maximum Gasteiger partial charge on any atom is 0.240 e. The molecule has 104 valence electrons. The smallest absolute Gasteiger partial charge is 0.240 e. The quantitative estimate of drug-likeness (QED) is 0.846. The predicted molar refractivity (Wildman–Crippen MR) is 79.1 cm³/mol. The molecule has 0 spiro atoms. The van der Waals surface area contributed by atoms with Crippen LogP contribution >= 0.6 is 0 Å². The van der Waals surface area contributed by atoms with Crippen molar-refractivity contribution in [3.05, 3.63) is 24.3 Å². The molecule has 0 bridgehead atoms. The number of carbonyl (C=O) groups is 1. The van der Waals surface area contributed by atoms with Gasteiger partial charge in [-0.15, -0.1) is 0 Å². The molecule has 1 aliphatic rings. The van der Waals surface area contributed by atoms with Crippen LogP contribution in [0.25, 0.3) is 0 Å². The van der Waals surface area contributed by atoms with Crippen molar-refractivity contribution in [1.29, 1.82) is 0 Å². The van der Waals surface area contributed by atoms with E-state index < -0.39 is 0 Å². The van der Waals surface area contributed by atoms with Gasteiger partial charge >= 0.3 is 0 Å². The first-order chi connectivity index (χ1) is 8.87. The van der Waals surface area contributed by atoms with E-state index in [4.69, 9.17) is 5.73 Å². The highest BCUT2D eigenvalue weighted by Crippen LogP contribution is 2.28. The highest BCUT2D eigenvalue weighted by atomic mass is 16.2. The third kappa shape index (κ3) is 3.47. The molecule has 0 atom stereocenters. The van der Waals surface area contributed by atoms with E-state index in [1.54, 1.807) is 4.90 Å². The second-order valence-corrected chi connectivity index (χ2v) is 6.17. The highest BCUT2D eigenvalue weighted by Gasteiger charge is 2.30. The fourth-order valence-electron chi connectivity index (χ4n) is 2.50. The van der Waals surface area contributed by atoms with Crippen molar-refractivity contribution in [2.45, 2.75) is 20.3 Å². The predicted octanol–water partition coefficient (Wildman–Crippen LogP) is 1.96. The molecular weight excluding hydrogens is 238 g/mol. The number of amides is 1. The summed E-state index contributed by atoms with van der Waals surface area (Å²) in [6, 6.07) is 7.39. The molecule has 4 heteroatoms. The van der Waals surface area contributed by atoms with Gasteiger partial charge in [0, 0.05) is 25.0 Å². The van der Waals surface area contributed by atoms with Gasteiger partial charge in [-0.2, -0.15) is 0 Å². The zero-order chi connectivity index (χ0) is 14.0. The zero-order valence-corrected chi connectivity index (χ0v) is 12.0. The fourth-order valence-corrected chi connectivity index (χ4v) is 2.50. The minimum absolute atomic E-state index is 0.127. The third-order valence-corrected chi connectivity index (χ3v) is 3.77. The van der Waals surface area contributed by atoms with Crippen LogP contribution < -0.4 is 10.6 Å². The number of hydrogen-bond donors (Lipinski definition) is 1. The first-order valence-corrected chi connectivity index (χ1v) is 6.72. The Labute approximate surface area is 115 Å². The van der Waals surface area contributed by atoms with E-state index in [1.165, 1.54) is 0 Å². The van der Waals surface area contributed by atoms with Gasteiger partial charge in [0.15, 0.2) is 0 Å². The summed E-state index contributed by atoms with van der Waals surface area (Å²) in [5.74, 6) is 0.127. The van der Waals surface area contributed by atoms with Crippen molar-refractivity contribution < 1.29 is 4.79 Å². The minimum Gasteiger partial charge on any atom is -0.399 e. The van der Waals surface area contributed by atoms with E-state index in [1.807, 2.05) is 31.3 Å². The summed E-state index contributed by atoms with van der Waals surface area (Å²) in [7, 11) is 1.81. The first-order valence-electron chi connectivity index (χ1n) is 6.72. The Morgan fingerprint density at radius 1 is 1.37 bits per heavy atom. The van der Waals surface area contributed by atoms with Crippen LogP contribution in [-0.4, -0.2) is 37.5 Å². The summed E-state index contributed by atoms with van der Waals surface area (Å²) >= 11 is 0. The van der Waals surface area contributed by atoms with Gasteiger partial charge < -0.3 is 10.6 Å². The number of likely N-dealkylation sites (N-methyl/N-ethyl adjacent to an activating group) is 1. The molecule has 1 saturated heterocycles. The molecule has 4 nitrogen and oxygen atoms in total. The largest absolute Gasteiger partial charge is 0.399 e. The van der Waals surface area contributed by atoms with E-state index in [0.29, 0.717) is 17.6 Å². The van der Waals surface area contributed by atoms with Crippen molar-refractivity contribution in [2.24, 2.45) is 5.41 Å². The van der Waals surface area contributed by atoms with Gasteiger partial charge in [-0.05, 0) is 42.6 Å². The van der Waals surface area contributed by atoms with Crippen molar-refractivity contribution in [3.63, 3.8) is 0 Å². The summed E-state index contributed by atoms with van der Waals surface area (Å²) in [6.07, 6.45) is 1.16. The lowest BCUT2D eigenvalue weighted by atomic mass is 9.93. The third-order valence-electron chi connectivity index (χ3n) is 3.77. The summed E-state index contributed by atoms with van der Waals surface area (Å²) in [5.41, 5.74) is 7.59. The number of likely N-dealkylation sites (tertiary alicyclic amines) is 1. The van der Waals surface area contributed by atoms with E-state index in [0.717, 1.165) is 25.2 Å². The highest BCUT2D eigenvalue weighted by molar-refractivity contribution is 5.94. The van der Waals surface area contributed by atoms with Crippen LogP contribution in [0.1, 0.15) is 20.3 Å². The van der Waals surface area contributed by atoms with Gasteiger partial charge in [-0.1, -0.05) is 13.8 Å². The lowest BCUT2D eigenvalue weighted by Gasteiger charge is -2.23. The molecule has 1 amide bonds. The number of rotatable bonds is 3. The zero-order valence-electron chi connectivity index (χ0n) is 12.0. The average Bonchev–Trinajstić information content (AvgIpc) is 2.68. The molecule has 1 aromatic carbocycles. The molecule has 1 aromatic rings. The first kappa shape index (κ1) is 13.9. The normalized spacial score (nSPS) is 18.5. The van der Waals surface area contributed by atoms with Crippen molar-refractivity contribution in [1.82, 2.24) is 4.90 Å². The number of benzene rings is 1. The molecule has 2 N–H and O–H groups in total. The Bertz CT molecular complexity index is 453. The number of anilines is 2. The molecule has 19 heavy (non-hydrogen) atoms. The summed E-state index contributed by atoms with van der Waals surface area (Å²) < 4.78 is 0. The Hall–Kier alpha value is -1.55. The number of nitrogens with two attached hydrogens (primary N) is 1. The Kier molecular flexibility index (Phi) is 3.80. The van der Waals surface area contributed by atoms with Crippen LogP contribution in [0.4, 0.5) is 11.4 Å². The molecular formula is C15H23N3O. The van der Waals surface area contributed by atoms with Gasteiger partial charge in [-0.3, -0.25) is 9.69 Å². The van der Waals surface area contributed by atoms with Gasteiger partial charge in [0.2, 0.25) is 5.91 Å². The lowest BCUT2D eigenvalue weighted by molar-refractivity contribution is -0.119. The van der Waals surface area contributed by atoms with Crippen LogP contribution in [0.2, 0.25) is 0 Å².